The van der Waals surface area contributed by atoms with Gasteiger partial charge in [-0.2, -0.15) is 5.26 Å². The van der Waals surface area contributed by atoms with Crippen LogP contribution in [0.25, 0.3) is 11.5 Å². The highest BCUT2D eigenvalue weighted by Gasteiger charge is 2.12. The number of thioether (sulfide) groups is 1. The van der Waals surface area contributed by atoms with Crippen LogP contribution in [0.15, 0.2) is 52.1 Å². The van der Waals surface area contributed by atoms with Crippen LogP contribution in [0.5, 0.6) is 17.2 Å². The third kappa shape index (κ3) is 4.71. The lowest BCUT2D eigenvalue weighted by atomic mass is 10.2. The van der Waals surface area contributed by atoms with E-state index in [-0.39, 0.29) is 0 Å². The molecule has 2 aromatic carbocycles. The van der Waals surface area contributed by atoms with Gasteiger partial charge in [0.1, 0.15) is 5.75 Å². The minimum atomic E-state index is 0.404. The average Bonchev–Trinajstić information content (AvgIpc) is 3.19. The largest absolute Gasteiger partial charge is 0.493 e. The molecule has 0 unspecified atom stereocenters. The van der Waals surface area contributed by atoms with Crippen LogP contribution in [-0.2, 0) is 0 Å². The van der Waals surface area contributed by atoms with Crippen molar-refractivity contribution in [1.82, 2.24) is 10.2 Å². The fourth-order valence-electron chi connectivity index (χ4n) is 2.30. The van der Waals surface area contributed by atoms with E-state index in [0.29, 0.717) is 46.3 Å². The van der Waals surface area contributed by atoms with Crippen molar-refractivity contribution < 1.29 is 18.6 Å². The van der Waals surface area contributed by atoms with Gasteiger partial charge in [0, 0.05) is 11.3 Å². The van der Waals surface area contributed by atoms with Crippen molar-refractivity contribution in [2.45, 2.75) is 5.22 Å². The van der Waals surface area contributed by atoms with Gasteiger partial charge in [0.15, 0.2) is 11.5 Å². The van der Waals surface area contributed by atoms with Crippen molar-refractivity contribution >= 4 is 11.8 Å². The molecule has 7 nitrogen and oxygen atoms in total. The zero-order valence-corrected chi connectivity index (χ0v) is 15.7. The number of aromatic nitrogens is 2. The predicted octanol–water partition coefficient (Wildman–Crippen LogP) is 3.80. The number of benzene rings is 2. The molecule has 0 N–H and O–H groups in total. The molecule has 0 aliphatic rings. The maximum atomic E-state index is 8.89. The number of ether oxygens (including phenoxy) is 3. The topological polar surface area (TPSA) is 90.4 Å². The van der Waals surface area contributed by atoms with E-state index in [1.54, 1.807) is 44.6 Å². The molecule has 0 spiro atoms. The zero-order valence-electron chi connectivity index (χ0n) is 14.8. The molecule has 0 fully saturated rings. The predicted molar refractivity (Wildman–Crippen MR) is 100 cm³/mol. The molecule has 1 heterocycles. The van der Waals surface area contributed by atoms with E-state index in [0.717, 1.165) is 5.56 Å². The number of hydrogen-bond acceptors (Lipinski definition) is 8. The van der Waals surface area contributed by atoms with Crippen molar-refractivity contribution in [3.05, 3.63) is 48.0 Å². The normalized spacial score (nSPS) is 10.3. The highest BCUT2D eigenvalue weighted by Crippen LogP contribution is 2.32. The lowest BCUT2D eigenvalue weighted by Gasteiger charge is -2.07. The minimum absolute atomic E-state index is 0.404. The molecule has 3 aromatic rings. The second-order valence-corrected chi connectivity index (χ2v) is 6.33. The van der Waals surface area contributed by atoms with Crippen LogP contribution in [0.1, 0.15) is 5.56 Å². The number of rotatable bonds is 8. The summed E-state index contributed by atoms with van der Waals surface area (Å²) >= 11 is 1.40. The van der Waals surface area contributed by atoms with Crippen molar-refractivity contribution in [2.75, 3.05) is 26.6 Å². The molecule has 0 saturated heterocycles. The molecule has 0 bridgehead atoms. The first-order valence-electron chi connectivity index (χ1n) is 8.05. The SMILES string of the molecule is COc1ccc(-c2nnc(SCCOc3cccc(C#N)c3)o2)cc1OC. The van der Waals surface area contributed by atoms with Gasteiger partial charge in [0.05, 0.1) is 32.5 Å². The minimum Gasteiger partial charge on any atom is -0.493 e. The third-order valence-electron chi connectivity index (χ3n) is 3.58. The molecule has 3 rings (SSSR count). The highest BCUT2D eigenvalue weighted by atomic mass is 32.2. The van der Waals surface area contributed by atoms with Gasteiger partial charge in [-0.3, -0.25) is 0 Å². The zero-order chi connectivity index (χ0) is 19.1. The lowest BCUT2D eigenvalue weighted by molar-refractivity contribution is 0.343. The molecule has 0 atom stereocenters. The molecule has 27 heavy (non-hydrogen) atoms. The Labute approximate surface area is 160 Å². The van der Waals surface area contributed by atoms with Gasteiger partial charge in [-0.1, -0.05) is 17.8 Å². The summed E-state index contributed by atoms with van der Waals surface area (Å²) in [7, 11) is 3.15. The highest BCUT2D eigenvalue weighted by molar-refractivity contribution is 7.99. The Kier molecular flexibility index (Phi) is 6.18. The molecule has 0 aliphatic heterocycles. The van der Waals surface area contributed by atoms with Crippen molar-refractivity contribution in [3.8, 4) is 34.8 Å². The summed E-state index contributed by atoms with van der Waals surface area (Å²) in [6, 6.07) is 14.5. The van der Waals surface area contributed by atoms with Crippen LogP contribution >= 0.6 is 11.8 Å². The number of nitriles is 1. The summed E-state index contributed by atoms with van der Waals surface area (Å²) in [5.41, 5.74) is 1.31. The second kappa shape index (κ2) is 8.96. The molecule has 1 aromatic heterocycles. The Hall–Kier alpha value is -3.18. The quantitative estimate of drug-likeness (QED) is 0.429. The molecular formula is C19H17N3O4S. The van der Waals surface area contributed by atoms with Gasteiger partial charge in [-0.15, -0.1) is 10.2 Å². The number of nitrogens with zero attached hydrogens (tertiary/aromatic N) is 3. The van der Waals surface area contributed by atoms with E-state index in [9.17, 15) is 0 Å². The first kappa shape index (κ1) is 18.6. The fourth-order valence-corrected chi connectivity index (χ4v) is 2.88. The summed E-state index contributed by atoms with van der Waals surface area (Å²) in [6.45, 7) is 0.452. The average molecular weight is 383 g/mol. The Morgan fingerprint density at radius 1 is 1.07 bits per heavy atom. The molecular weight excluding hydrogens is 366 g/mol. The van der Waals surface area contributed by atoms with Crippen molar-refractivity contribution in [1.29, 1.82) is 5.26 Å². The summed E-state index contributed by atoms with van der Waals surface area (Å²) in [5.74, 6) is 2.92. The Bertz CT molecular complexity index is 952. The number of methoxy groups -OCH3 is 2. The Morgan fingerprint density at radius 3 is 2.70 bits per heavy atom. The second-order valence-electron chi connectivity index (χ2n) is 5.28. The van der Waals surface area contributed by atoms with Crippen LogP contribution in [0, 0.1) is 11.3 Å². The van der Waals surface area contributed by atoms with E-state index in [1.807, 2.05) is 12.1 Å². The lowest BCUT2D eigenvalue weighted by Crippen LogP contribution is -2.00. The molecule has 8 heteroatoms. The van der Waals surface area contributed by atoms with Gasteiger partial charge in [-0.25, -0.2) is 0 Å². The van der Waals surface area contributed by atoms with Crippen LogP contribution < -0.4 is 14.2 Å². The molecule has 0 radical (unpaired) electrons. The third-order valence-corrected chi connectivity index (χ3v) is 4.36. The van der Waals surface area contributed by atoms with E-state index < -0.39 is 0 Å². The van der Waals surface area contributed by atoms with Gasteiger partial charge < -0.3 is 18.6 Å². The van der Waals surface area contributed by atoms with Gasteiger partial charge in [-0.05, 0) is 36.4 Å². The fraction of sp³-hybridized carbons (Fsp3) is 0.211. The first-order valence-corrected chi connectivity index (χ1v) is 9.03. The summed E-state index contributed by atoms with van der Waals surface area (Å²) in [6.07, 6.45) is 0. The van der Waals surface area contributed by atoms with Crippen LogP contribution in [0.3, 0.4) is 0 Å². The van der Waals surface area contributed by atoms with E-state index in [4.69, 9.17) is 23.9 Å². The summed E-state index contributed by atoms with van der Waals surface area (Å²) < 4.78 is 21.8. The molecule has 0 aliphatic carbocycles. The maximum absolute atomic E-state index is 8.89. The number of hydrogen-bond donors (Lipinski definition) is 0. The van der Waals surface area contributed by atoms with Gasteiger partial charge in [0.25, 0.3) is 5.22 Å². The molecule has 0 amide bonds. The van der Waals surface area contributed by atoms with E-state index in [2.05, 4.69) is 16.3 Å². The summed E-state index contributed by atoms with van der Waals surface area (Å²) in [4.78, 5) is 0. The van der Waals surface area contributed by atoms with E-state index in [1.165, 1.54) is 11.8 Å². The van der Waals surface area contributed by atoms with Crippen LogP contribution in [0.4, 0.5) is 0 Å². The van der Waals surface area contributed by atoms with Crippen molar-refractivity contribution in [3.63, 3.8) is 0 Å². The maximum Gasteiger partial charge on any atom is 0.276 e. The standard InChI is InChI=1S/C19H17N3O4S/c1-23-16-7-6-14(11-17(16)24-2)18-21-22-19(26-18)27-9-8-25-15-5-3-4-13(10-15)12-20/h3-7,10-11H,8-9H2,1-2H3. The first-order chi connectivity index (χ1) is 13.2. The Morgan fingerprint density at radius 2 is 1.93 bits per heavy atom. The summed E-state index contributed by atoms with van der Waals surface area (Å²) in [5, 5.41) is 17.4. The smallest absolute Gasteiger partial charge is 0.276 e. The molecule has 0 saturated carbocycles. The molecule has 138 valence electrons. The van der Waals surface area contributed by atoms with E-state index >= 15 is 0 Å². The van der Waals surface area contributed by atoms with Crippen molar-refractivity contribution in [2.24, 2.45) is 0 Å². The van der Waals surface area contributed by atoms with Crippen LogP contribution in [-0.4, -0.2) is 36.8 Å². The van der Waals surface area contributed by atoms with Gasteiger partial charge in [0.2, 0.25) is 5.89 Å². The Balaban J connectivity index is 1.56. The monoisotopic (exact) mass is 383 g/mol. The van der Waals surface area contributed by atoms with Gasteiger partial charge >= 0.3 is 0 Å². The van der Waals surface area contributed by atoms with Crippen LogP contribution in [0.2, 0.25) is 0 Å².